The Morgan fingerprint density at radius 1 is 1.24 bits per heavy atom. The van der Waals surface area contributed by atoms with Gasteiger partial charge in [0, 0.05) is 25.9 Å². The summed E-state index contributed by atoms with van der Waals surface area (Å²) < 4.78 is 18.0. The average molecular weight is 393 g/mol. The minimum atomic E-state index is -0.366. The molecular weight excluding hydrogens is 370 g/mol. The summed E-state index contributed by atoms with van der Waals surface area (Å²) in [6.07, 6.45) is 4.54. The van der Waals surface area contributed by atoms with Crippen LogP contribution in [0.2, 0.25) is 0 Å². The van der Waals surface area contributed by atoms with E-state index >= 15 is 0 Å². The van der Waals surface area contributed by atoms with E-state index in [1.165, 1.54) is 0 Å². The fourth-order valence-electron chi connectivity index (χ4n) is 3.36. The van der Waals surface area contributed by atoms with Crippen LogP contribution in [0.3, 0.4) is 0 Å². The largest absolute Gasteiger partial charge is 0.497 e. The van der Waals surface area contributed by atoms with E-state index < -0.39 is 0 Å². The number of rotatable bonds is 7. The Morgan fingerprint density at radius 2 is 2.10 bits per heavy atom. The van der Waals surface area contributed by atoms with Crippen LogP contribution in [0.5, 0.6) is 17.2 Å². The fourth-order valence-corrected chi connectivity index (χ4v) is 3.36. The molecule has 0 saturated heterocycles. The lowest BCUT2D eigenvalue weighted by Crippen LogP contribution is -2.31. The molecule has 0 saturated carbocycles. The highest BCUT2D eigenvalue weighted by molar-refractivity contribution is 5.77. The van der Waals surface area contributed by atoms with Gasteiger partial charge < -0.3 is 24.1 Å². The second-order valence-electron chi connectivity index (χ2n) is 6.86. The van der Waals surface area contributed by atoms with Crippen LogP contribution in [0.25, 0.3) is 0 Å². The number of aryl methyl sites for hydroxylation is 2. The van der Waals surface area contributed by atoms with Gasteiger partial charge in [0.2, 0.25) is 12.7 Å². The number of nitrogens with one attached hydrogen (secondary N) is 1. The zero-order valence-corrected chi connectivity index (χ0v) is 16.4. The number of nitrogens with zero attached hydrogens (tertiary/aromatic N) is 2. The molecule has 2 aromatic carbocycles. The average Bonchev–Trinajstić information content (AvgIpc) is 3.38. The highest BCUT2D eigenvalue weighted by Gasteiger charge is 2.21. The molecule has 0 spiro atoms. The second kappa shape index (κ2) is 8.26. The summed E-state index contributed by atoms with van der Waals surface area (Å²) in [4.78, 5) is 17.2. The maximum atomic E-state index is 12.8. The third kappa shape index (κ3) is 4.18. The first kappa shape index (κ1) is 18.9. The third-order valence-corrected chi connectivity index (χ3v) is 4.93. The summed E-state index contributed by atoms with van der Waals surface area (Å²) in [5, 5.41) is 3.12. The lowest BCUT2D eigenvalue weighted by Gasteiger charge is -2.20. The zero-order chi connectivity index (χ0) is 20.2. The van der Waals surface area contributed by atoms with Gasteiger partial charge in [-0.1, -0.05) is 18.2 Å². The van der Waals surface area contributed by atoms with Crippen molar-refractivity contribution in [3.05, 3.63) is 71.8 Å². The maximum absolute atomic E-state index is 12.8. The highest BCUT2D eigenvalue weighted by atomic mass is 16.7. The van der Waals surface area contributed by atoms with E-state index in [2.05, 4.69) is 10.3 Å². The number of ether oxygens (including phenoxy) is 3. The number of benzene rings is 2. The normalized spacial score (nSPS) is 13.2. The van der Waals surface area contributed by atoms with Crippen molar-refractivity contribution in [2.75, 3.05) is 13.9 Å². The number of carbonyl (C=O) groups excluding carboxylic acids is 1. The smallest absolute Gasteiger partial charge is 0.231 e. The van der Waals surface area contributed by atoms with Crippen molar-refractivity contribution >= 4 is 5.91 Å². The van der Waals surface area contributed by atoms with Gasteiger partial charge in [-0.15, -0.1) is 0 Å². The molecule has 1 unspecified atom stereocenters. The van der Waals surface area contributed by atoms with E-state index in [-0.39, 0.29) is 18.7 Å². The van der Waals surface area contributed by atoms with Gasteiger partial charge in [-0.05, 0) is 41.8 Å². The Morgan fingerprint density at radius 3 is 2.90 bits per heavy atom. The summed E-state index contributed by atoms with van der Waals surface area (Å²) in [6, 6.07) is 13.0. The summed E-state index contributed by atoms with van der Waals surface area (Å²) in [5.41, 5.74) is 1.94. The van der Waals surface area contributed by atoms with Crippen molar-refractivity contribution in [1.29, 1.82) is 0 Å². The summed E-state index contributed by atoms with van der Waals surface area (Å²) >= 11 is 0. The van der Waals surface area contributed by atoms with Gasteiger partial charge in [-0.3, -0.25) is 4.79 Å². The Balaban J connectivity index is 1.48. The molecular formula is C22H23N3O4. The van der Waals surface area contributed by atoms with E-state index in [0.717, 1.165) is 34.2 Å². The molecule has 0 aliphatic carbocycles. The van der Waals surface area contributed by atoms with Crippen molar-refractivity contribution in [2.24, 2.45) is 7.05 Å². The van der Waals surface area contributed by atoms with Gasteiger partial charge in [0.05, 0.1) is 7.11 Å². The van der Waals surface area contributed by atoms with E-state index in [1.807, 2.05) is 60.3 Å². The molecule has 0 fully saturated rings. The summed E-state index contributed by atoms with van der Waals surface area (Å²) in [6.45, 7) is 0.241. The van der Waals surface area contributed by atoms with Crippen molar-refractivity contribution in [3.8, 4) is 17.2 Å². The number of carbonyl (C=O) groups is 1. The summed E-state index contributed by atoms with van der Waals surface area (Å²) in [7, 11) is 3.53. The molecule has 1 aliphatic rings. The SMILES string of the molecule is COc1cccc(C(NC(=O)CCc2ccc3c(c2)OCO3)c2nccn2C)c1. The summed E-state index contributed by atoms with van der Waals surface area (Å²) in [5.74, 6) is 2.90. The van der Waals surface area contributed by atoms with Gasteiger partial charge in [0.25, 0.3) is 0 Å². The number of hydrogen-bond acceptors (Lipinski definition) is 5. The van der Waals surface area contributed by atoms with Gasteiger partial charge in [0.1, 0.15) is 17.6 Å². The monoisotopic (exact) mass is 393 g/mol. The van der Waals surface area contributed by atoms with Crippen LogP contribution in [0.1, 0.15) is 29.4 Å². The number of hydrogen-bond donors (Lipinski definition) is 1. The predicted octanol–water partition coefficient (Wildman–Crippen LogP) is 3.00. The minimum Gasteiger partial charge on any atom is -0.497 e. The molecule has 7 nitrogen and oxygen atoms in total. The number of amides is 1. The standard InChI is InChI=1S/C22H23N3O4/c1-25-11-10-23-22(25)21(16-4-3-5-17(13-16)27-2)24-20(26)9-7-15-6-8-18-19(12-15)29-14-28-18/h3-6,8,10-13,21H,7,9,14H2,1-2H3,(H,24,26). The molecule has 1 amide bonds. The molecule has 0 bridgehead atoms. The number of fused-ring (bicyclic) bond motifs is 1. The Hall–Kier alpha value is -3.48. The number of methoxy groups -OCH3 is 1. The molecule has 1 atom stereocenters. The first-order valence-electron chi connectivity index (χ1n) is 9.43. The van der Waals surface area contributed by atoms with Crippen molar-refractivity contribution in [3.63, 3.8) is 0 Å². The van der Waals surface area contributed by atoms with Crippen LogP contribution in [-0.4, -0.2) is 29.4 Å². The number of aromatic nitrogens is 2. The van der Waals surface area contributed by atoms with Crippen LogP contribution in [0.15, 0.2) is 54.9 Å². The maximum Gasteiger partial charge on any atom is 0.231 e. The molecule has 1 N–H and O–H groups in total. The first-order valence-corrected chi connectivity index (χ1v) is 9.43. The van der Waals surface area contributed by atoms with Crippen molar-refractivity contribution in [2.45, 2.75) is 18.9 Å². The van der Waals surface area contributed by atoms with Gasteiger partial charge in [-0.25, -0.2) is 4.98 Å². The van der Waals surface area contributed by atoms with Crippen LogP contribution >= 0.6 is 0 Å². The van der Waals surface area contributed by atoms with E-state index in [1.54, 1.807) is 13.3 Å². The van der Waals surface area contributed by atoms with Crippen LogP contribution < -0.4 is 19.5 Å². The lowest BCUT2D eigenvalue weighted by atomic mass is 10.0. The third-order valence-electron chi connectivity index (χ3n) is 4.93. The topological polar surface area (TPSA) is 74.6 Å². The number of imidazole rings is 1. The molecule has 1 aromatic heterocycles. The van der Waals surface area contributed by atoms with Crippen molar-refractivity contribution in [1.82, 2.24) is 14.9 Å². The molecule has 29 heavy (non-hydrogen) atoms. The molecule has 0 radical (unpaired) electrons. The van der Waals surface area contributed by atoms with Crippen LogP contribution in [0, 0.1) is 0 Å². The molecule has 150 valence electrons. The molecule has 7 heteroatoms. The van der Waals surface area contributed by atoms with E-state index in [0.29, 0.717) is 12.8 Å². The molecule has 4 rings (SSSR count). The quantitative estimate of drug-likeness (QED) is 0.668. The Kier molecular flexibility index (Phi) is 5.37. The Labute approximate surface area is 169 Å². The van der Waals surface area contributed by atoms with Crippen LogP contribution in [0.4, 0.5) is 0 Å². The van der Waals surface area contributed by atoms with E-state index in [4.69, 9.17) is 14.2 Å². The molecule has 3 aromatic rings. The van der Waals surface area contributed by atoms with Gasteiger partial charge >= 0.3 is 0 Å². The lowest BCUT2D eigenvalue weighted by molar-refractivity contribution is -0.121. The molecule has 2 heterocycles. The Bertz CT molecular complexity index is 1010. The second-order valence-corrected chi connectivity index (χ2v) is 6.86. The zero-order valence-electron chi connectivity index (χ0n) is 16.4. The first-order chi connectivity index (χ1) is 14.1. The van der Waals surface area contributed by atoms with Crippen LogP contribution in [-0.2, 0) is 18.3 Å². The predicted molar refractivity (Wildman–Crippen MR) is 107 cm³/mol. The molecule has 1 aliphatic heterocycles. The minimum absolute atomic E-state index is 0.0570. The fraction of sp³-hybridized carbons (Fsp3) is 0.273. The van der Waals surface area contributed by atoms with Crippen molar-refractivity contribution < 1.29 is 19.0 Å². The van der Waals surface area contributed by atoms with E-state index in [9.17, 15) is 4.79 Å². The van der Waals surface area contributed by atoms with Gasteiger partial charge in [0.15, 0.2) is 11.5 Å². The van der Waals surface area contributed by atoms with Gasteiger partial charge in [-0.2, -0.15) is 0 Å². The highest BCUT2D eigenvalue weighted by Crippen LogP contribution is 2.32.